The van der Waals surface area contributed by atoms with E-state index >= 15 is 0 Å². The molecule has 0 aliphatic heterocycles. The SMILES string of the molecule is CCCc1ccc(OC(F)(F)F)cc1[C](C)C. The Bertz CT molecular complexity index is 369. The molecule has 0 N–H and O–H groups in total. The largest absolute Gasteiger partial charge is 0.573 e. The summed E-state index contributed by atoms with van der Waals surface area (Å²) in [5.41, 5.74) is 1.90. The van der Waals surface area contributed by atoms with Crippen LogP contribution in [0.3, 0.4) is 0 Å². The van der Waals surface area contributed by atoms with Gasteiger partial charge in [-0.05, 0) is 35.6 Å². The lowest BCUT2D eigenvalue weighted by Gasteiger charge is -2.15. The molecule has 0 atom stereocenters. The van der Waals surface area contributed by atoms with Crippen molar-refractivity contribution in [3.8, 4) is 5.75 Å². The molecule has 95 valence electrons. The first kappa shape index (κ1) is 13.9. The van der Waals surface area contributed by atoms with E-state index in [1.807, 2.05) is 20.8 Å². The van der Waals surface area contributed by atoms with Crippen LogP contribution in [0.2, 0.25) is 0 Å². The van der Waals surface area contributed by atoms with E-state index in [0.717, 1.165) is 29.9 Å². The van der Waals surface area contributed by atoms with Crippen LogP contribution in [0.25, 0.3) is 0 Å². The second-order valence-electron chi connectivity index (χ2n) is 4.12. The van der Waals surface area contributed by atoms with E-state index in [4.69, 9.17) is 0 Å². The number of halogens is 3. The number of hydrogen-bond acceptors (Lipinski definition) is 1. The molecule has 4 heteroatoms. The van der Waals surface area contributed by atoms with E-state index in [-0.39, 0.29) is 5.75 Å². The lowest BCUT2D eigenvalue weighted by atomic mass is 9.94. The number of ether oxygens (including phenoxy) is 1. The zero-order chi connectivity index (χ0) is 13.1. The third kappa shape index (κ3) is 4.29. The van der Waals surface area contributed by atoms with Crippen molar-refractivity contribution >= 4 is 0 Å². The van der Waals surface area contributed by atoms with Crippen LogP contribution in [-0.4, -0.2) is 6.36 Å². The van der Waals surface area contributed by atoms with Gasteiger partial charge in [0.05, 0.1) is 0 Å². The van der Waals surface area contributed by atoms with Crippen LogP contribution in [0.15, 0.2) is 18.2 Å². The summed E-state index contributed by atoms with van der Waals surface area (Å²) in [5.74, 6) is 0.828. The monoisotopic (exact) mass is 245 g/mol. The molecule has 0 bridgehead atoms. The molecule has 0 amide bonds. The predicted molar refractivity (Wildman–Crippen MR) is 60.8 cm³/mol. The fourth-order valence-electron chi connectivity index (χ4n) is 1.71. The van der Waals surface area contributed by atoms with E-state index in [0.29, 0.717) is 0 Å². The zero-order valence-corrected chi connectivity index (χ0v) is 10.2. The predicted octanol–water partition coefficient (Wildman–Crippen LogP) is 4.50. The molecule has 0 aliphatic rings. The Hall–Kier alpha value is -1.19. The van der Waals surface area contributed by atoms with Crippen molar-refractivity contribution in [1.29, 1.82) is 0 Å². The van der Waals surface area contributed by atoms with Gasteiger partial charge in [0, 0.05) is 0 Å². The molecule has 1 radical (unpaired) electrons. The number of aryl methyl sites for hydroxylation is 1. The highest BCUT2D eigenvalue weighted by molar-refractivity contribution is 5.42. The lowest BCUT2D eigenvalue weighted by molar-refractivity contribution is -0.274. The van der Waals surface area contributed by atoms with Crippen LogP contribution in [0.1, 0.15) is 38.3 Å². The van der Waals surface area contributed by atoms with Crippen molar-refractivity contribution in [1.82, 2.24) is 0 Å². The molecule has 1 nitrogen and oxygen atoms in total. The first-order valence-electron chi connectivity index (χ1n) is 5.52. The van der Waals surface area contributed by atoms with Gasteiger partial charge in [-0.2, -0.15) is 0 Å². The fraction of sp³-hybridized carbons (Fsp3) is 0.462. The van der Waals surface area contributed by atoms with Crippen molar-refractivity contribution in [2.75, 3.05) is 0 Å². The molecule has 0 fully saturated rings. The van der Waals surface area contributed by atoms with Crippen LogP contribution in [-0.2, 0) is 6.42 Å². The van der Waals surface area contributed by atoms with E-state index < -0.39 is 6.36 Å². The van der Waals surface area contributed by atoms with Gasteiger partial charge in [-0.1, -0.05) is 33.3 Å². The average Bonchev–Trinajstić information content (AvgIpc) is 2.18. The quantitative estimate of drug-likeness (QED) is 0.758. The highest BCUT2D eigenvalue weighted by Crippen LogP contribution is 2.28. The van der Waals surface area contributed by atoms with Gasteiger partial charge in [0.2, 0.25) is 0 Å². The molecule has 0 aliphatic carbocycles. The van der Waals surface area contributed by atoms with Crippen molar-refractivity contribution in [3.63, 3.8) is 0 Å². The molecular formula is C13H16F3O. The number of alkyl halides is 3. The molecule has 1 rings (SSSR count). The van der Waals surface area contributed by atoms with Gasteiger partial charge in [0.15, 0.2) is 0 Å². The minimum absolute atomic E-state index is 0.159. The normalized spacial score (nSPS) is 11.9. The topological polar surface area (TPSA) is 9.23 Å². The first-order chi connectivity index (χ1) is 7.83. The lowest BCUT2D eigenvalue weighted by Crippen LogP contribution is -2.17. The highest BCUT2D eigenvalue weighted by atomic mass is 19.4. The van der Waals surface area contributed by atoms with Gasteiger partial charge in [0.1, 0.15) is 5.75 Å². The van der Waals surface area contributed by atoms with Crippen molar-refractivity contribution in [2.45, 2.75) is 40.0 Å². The van der Waals surface area contributed by atoms with Crippen LogP contribution in [0.5, 0.6) is 5.75 Å². The van der Waals surface area contributed by atoms with Crippen LogP contribution >= 0.6 is 0 Å². The summed E-state index contributed by atoms with van der Waals surface area (Å²) in [6.07, 6.45) is -2.82. The molecule has 1 aromatic carbocycles. The molecule has 1 aromatic rings. The maximum atomic E-state index is 12.1. The Balaban J connectivity index is 3.01. The van der Waals surface area contributed by atoms with Crippen LogP contribution in [0.4, 0.5) is 13.2 Å². The van der Waals surface area contributed by atoms with Crippen LogP contribution < -0.4 is 4.74 Å². The van der Waals surface area contributed by atoms with Gasteiger partial charge in [-0.25, -0.2) is 0 Å². The van der Waals surface area contributed by atoms with Gasteiger partial charge >= 0.3 is 6.36 Å². The maximum absolute atomic E-state index is 12.1. The third-order valence-electron chi connectivity index (χ3n) is 2.37. The Labute approximate surface area is 99.6 Å². The van der Waals surface area contributed by atoms with Crippen LogP contribution in [0, 0.1) is 5.92 Å². The number of hydrogen-bond donors (Lipinski definition) is 0. The Morgan fingerprint density at radius 3 is 2.35 bits per heavy atom. The molecule has 17 heavy (non-hydrogen) atoms. The smallest absolute Gasteiger partial charge is 0.406 e. The number of benzene rings is 1. The Morgan fingerprint density at radius 1 is 1.24 bits per heavy atom. The summed E-state index contributed by atoms with van der Waals surface area (Å²) >= 11 is 0. The Kier molecular flexibility index (Phi) is 4.43. The fourth-order valence-corrected chi connectivity index (χ4v) is 1.71. The third-order valence-corrected chi connectivity index (χ3v) is 2.37. The van der Waals surface area contributed by atoms with Gasteiger partial charge in [-0.3, -0.25) is 0 Å². The van der Waals surface area contributed by atoms with Gasteiger partial charge in [-0.15, -0.1) is 13.2 Å². The molecular weight excluding hydrogens is 229 g/mol. The molecule has 0 heterocycles. The molecule has 0 aromatic heterocycles. The summed E-state index contributed by atoms with van der Waals surface area (Å²) in [5, 5.41) is 0. The number of rotatable bonds is 4. The minimum Gasteiger partial charge on any atom is -0.406 e. The maximum Gasteiger partial charge on any atom is 0.573 e. The average molecular weight is 245 g/mol. The van der Waals surface area contributed by atoms with E-state index in [1.54, 1.807) is 6.07 Å². The van der Waals surface area contributed by atoms with Crippen molar-refractivity contribution in [3.05, 3.63) is 35.2 Å². The van der Waals surface area contributed by atoms with Crippen molar-refractivity contribution in [2.24, 2.45) is 0 Å². The molecule has 0 spiro atoms. The van der Waals surface area contributed by atoms with E-state index in [2.05, 4.69) is 4.74 Å². The molecule has 0 saturated heterocycles. The summed E-state index contributed by atoms with van der Waals surface area (Å²) in [4.78, 5) is 0. The second kappa shape index (κ2) is 5.43. The minimum atomic E-state index is -4.63. The van der Waals surface area contributed by atoms with Gasteiger partial charge in [0.25, 0.3) is 0 Å². The first-order valence-corrected chi connectivity index (χ1v) is 5.52. The summed E-state index contributed by atoms with van der Waals surface area (Å²) < 4.78 is 40.2. The zero-order valence-electron chi connectivity index (χ0n) is 10.2. The summed E-state index contributed by atoms with van der Waals surface area (Å²) in [6, 6.07) is 4.52. The molecule has 0 unspecified atom stereocenters. The second-order valence-corrected chi connectivity index (χ2v) is 4.12. The van der Waals surface area contributed by atoms with Crippen molar-refractivity contribution < 1.29 is 17.9 Å². The summed E-state index contributed by atoms with van der Waals surface area (Å²) in [7, 11) is 0. The molecule has 0 saturated carbocycles. The Morgan fingerprint density at radius 2 is 1.88 bits per heavy atom. The summed E-state index contributed by atoms with van der Waals surface area (Å²) in [6.45, 7) is 5.80. The highest BCUT2D eigenvalue weighted by Gasteiger charge is 2.31. The van der Waals surface area contributed by atoms with E-state index in [1.165, 1.54) is 12.1 Å². The van der Waals surface area contributed by atoms with E-state index in [9.17, 15) is 13.2 Å². The van der Waals surface area contributed by atoms with Gasteiger partial charge < -0.3 is 4.74 Å². The standard InChI is InChI=1S/C13H16F3O/c1-4-5-10-6-7-11(17-13(14,15)16)8-12(10)9(2)3/h6-8H,4-5H2,1-3H3.